The number of H-pyrrole nitrogens is 1. The normalized spacial score (nSPS) is 10.8. The van der Waals surface area contributed by atoms with E-state index in [1.807, 2.05) is 35.8 Å². The summed E-state index contributed by atoms with van der Waals surface area (Å²) in [4.78, 5) is 23.9. The van der Waals surface area contributed by atoms with Gasteiger partial charge in [-0.15, -0.1) is 11.3 Å². The molecule has 1 aromatic carbocycles. The number of fused-ring (bicyclic) bond motifs is 1. The van der Waals surface area contributed by atoms with Crippen LogP contribution in [-0.2, 0) is 0 Å². The van der Waals surface area contributed by atoms with Gasteiger partial charge in [-0.2, -0.15) is 0 Å². The third-order valence-corrected chi connectivity index (χ3v) is 4.25. The molecule has 0 fully saturated rings. The number of benzene rings is 1. The highest BCUT2D eigenvalue weighted by Gasteiger charge is 2.12. The van der Waals surface area contributed by atoms with E-state index in [4.69, 9.17) is 0 Å². The summed E-state index contributed by atoms with van der Waals surface area (Å²) in [5.74, 6) is -0.259. The van der Waals surface area contributed by atoms with Crippen LogP contribution in [0.1, 0.15) is 10.5 Å². The van der Waals surface area contributed by atoms with Gasteiger partial charge in [0, 0.05) is 34.2 Å². The van der Waals surface area contributed by atoms with Gasteiger partial charge < -0.3 is 4.98 Å². The Morgan fingerprint density at radius 3 is 2.87 bits per heavy atom. The van der Waals surface area contributed by atoms with E-state index in [0.29, 0.717) is 10.8 Å². The van der Waals surface area contributed by atoms with Crippen LogP contribution in [0.25, 0.3) is 22.2 Å². The largest absolute Gasteiger partial charge is 0.360 e. The van der Waals surface area contributed by atoms with Gasteiger partial charge in [-0.25, -0.2) is 4.98 Å². The SMILES string of the molecule is O=C(Nc1nc(-c2c[nH]c3ccccc23)cs1)c1ccccn1. The van der Waals surface area contributed by atoms with Crippen molar-refractivity contribution in [1.29, 1.82) is 0 Å². The van der Waals surface area contributed by atoms with Gasteiger partial charge in [0.05, 0.1) is 5.69 Å². The maximum atomic E-state index is 12.1. The smallest absolute Gasteiger partial charge is 0.276 e. The molecule has 3 aromatic heterocycles. The molecule has 0 saturated carbocycles. The van der Waals surface area contributed by atoms with E-state index >= 15 is 0 Å². The molecule has 5 nitrogen and oxygen atoms in total. The highest BCUT2D eigenvalue weighted by Crippen LogP contribution is 2.30. The number of rotatable bonds is 3. The Morgan fingerprint density at radius 2 is 2.00 bits per heavy atom. The number of hydrogen-bond donors (Lipinski definition) is 2. The number of thiazole rings is 1. The zero-order chi connectivity index (χ0) is 15.6. The molecule has 1 amide bonds. The number of aromatic amines is 1. The van der Waals surface area contributed by atoms with Crippen LogP contribution < -0.4 is 5.32 Å². The number of hydrogen-bond acceptors (Lipinski definition) is 4. The first-order chi connectivity index (χ1) is 11.3. The van der Waals surface area contributed by atoms with Crippen LogP contribution in [0.3, 0.4) is 0 Å². The Bertz CT molecular complexity index is 974. The van der Waals surface area contributed by atoms with E-state index in [9.17, 15) is 4.79 Å². The number of anilines is 1. The van der Waals surface area contributed by atoms with Crippen molar-refractivity contribution < 1.29 is 4.79 Å². The summed E-state index contributed by atoms with van der Waals surface area (Å²) in [7, 11) is 0. The van der Waals surface area contributed by atoms with Crippen molar-refractivity contribution in [3.05, 3.63) is 65.9 Å². The molecule has 0 spiro atoms. The number of nitrogens with one attached hydrogen (secondary N) is 2. The molecular weight excluding hydrogens is 308 g/mol. The molecule has 6 heteroatoms. The van der Waals surface area contributed by atoms with Crippen LogP contribution in [0.4, 0.5) is 5.13 Å². The topological polar surface area (TPSA) is 70.7 Å². The molecule has 112 valence electrons. The quantitative estimate of drug-likeness (QED) is 0.600. The third kappa shape index (κ3) is 2.60. The molecule has 0 unspecified atom stereocenters. The Hall–Kier alpha value is -2.99. The summed E-state index contributed by atoms with van der Waals surface area (Å²) in [5, 5.41) is 6.39. The lowest BCUT2D eigenvalue weighted by Gasteiger charge is -1.99. The second kappa shape index (κ2) is 5.66. The Labute approximate surface area is 136 Å². The van der Waals surface area contributed by atoms with Gasteiger partial charge in [0.2, 0.25) is 0 Å². The van der Waals surface area contributed by atoms with Gasteiger partial charge in [0.1, 0.15) is 5.69 Å². The van der Waals surface area contributed by atoms with Crippen LogP contribution >= 0.6 is 11.3 Å². The lowest BCUT2D eigenvalue weighted by atomic mass is 10.1. The monoisotopic (exact) mass is 320 g/mol. The van der Waals surface area contributed by atoms with Crippen molar-refractivity contribution in [1.82, 2.24) is 15.0 Å². The molecule has 4 aromatic rings. The van der Waals surface area contributed by atoms with Crippen molar-refractivity contribution >= 4 is 33.3 Å². The van der Waals surface area contributed by atoms with E-state index in [0.717, 1.165) is 22.2 Å². The van der Waals surface area contributed by atoms with Crippen LogP contribution in [0.15, 0.2) is 60.2 Å². The third-order valence-electron chi connectivity index (χ3n) is 3.49. The maximum absolute atomic E-state index is 12.1. The zero-order valence-corrected chi connectivity index (χ0v) is 12.8. The predicted octanol–water partition coefficient (Wildman–Crippen LogP) is 3.94. The summed E-state index contributed by atoms with van der Waals surface area (Å²) >= 11 is 1.39. The van der Waals surface area contributed by atoms with Crippen LogP contribution in [0, 0.1) is 0 Å². The molecule has 23 heavy (non-hydrogen) atoms. The van der Waals surface area contributed by atoms with E-state index < -0.39 is 0 Å². The minimum Gasteiger partial charge on any atom is -0.360 e. The Kier molecular flexibility index (Phi) is 3.36. The summed E-state index contributed by atoms with van der Waals surface area (Å²) in [5.41, 5.74) is 3.30. The van der Waals surface area contributed by atoms with Crippen LogP contribution in [-0.4, -0.2) is 20.9 Å². The summed E-state index contributed by atoms with van der Waals surface area (Å²) in [6.07, 6.45) is 3.53. The van der Waals surface area contributed by atoms with Crippen molar-refractivity contribution in [3.8, 4) is 11.3 Å². The maximum Gasteiger partial charge on any atom is 0.276 e. The van der Waals surface area contributed by atoms with Gasteiger partial charge in [0.25, 0.3) is 5.91 Å². The van der Waals surface area contributed by atoms with Crippen molar-refractivity contribution in [3.63, 3.8) is 0 Å². The van der Waals surface area contributed by atoms with Gasteiger partial charge in [-0.05, 0) is 18.2 Å². The number of carbonyl (C=O) groups is 1. The van der Waals surface area contributed by atoms with Crippen molar-refractivity contribution in [2.45, 2.75) is 0 Å². The van der Waals surface area contributed by atoms with E-state index in [2.05, 4.69) is 20.3 Å². The number of pyridine rings is 1. The second-order valence-corrected chi connectivity index (χ2v) is 5.81. The highest BCUT2D eigenvalue weighted by molar-refractivity contribution is 7.14. The molecule has 0 atom stereocenters. The average Bonchev–Trinajstić information content (AvgIpc) is 3.22. The van der Waals surface area contributed by atoms with Gasteiger partial charge >= 0.3 is 0 Å². The lowest BCUT2D eigenvalue weighted by Crippen LogP contribution is -2.13. The molecule has 0 saturated heterocycles. The van der Waals surface area contributed by atoms with E-state index in [1.165, 1.54) is 11.3 Å². The molecule has 3 heterocycles. The Morgan fingerprint density at radius 1 is 1.13 bits per heavy atom. The first-order valence-corrected chi connectivity index (χ1v) is 7.93. The first-order valence-electron chi connectivity index (χ1n) is 7.06. The minimum atomic E-state index is -0.259. The first kappa shape index (κ1) is 13.7. The number of para-hydroxylation sites is 1. The molecule has 0 aliphatic carbocycles. The minimum absolute atomic E-state index is 0.259. The summed E-state index contributed by atoms with van der Waals surface area (Å²) in [6, 6.07) is 13.3. The van der Waals surface area contributed by atoms with Gasteiger partial charge in [-0.3, -0.25) is 15.1 Å². The molecule has 4 rings (SSSR count). The molecule has 0 aliphatic heterocycles. The second-order valence-electron chi connectivity index (χ2n) is 4.95. The molecule has 2 N–H and O–H groups in total. The number of aromatic nitrogens is 3. The molecule has 0 bridgehead atoms. The van der Waals surface area contributed by atoms with Crippen LogP contribution in [0.5, 0.6) is 0 Å². The standard InChI is InChI=1S/C17H12N4OS/c22-16(14-7-3-4-8-18-14)21-17-20-15(10-23-17)12-9-19-13-6-2-1-5-11(12)13/h1-10,19H,(H,20,21,22). The lowest BCUT2D eigenvalue weighted by molar-refractivity contribution is 0.102. The predicted molar refractivity (Wildman–Crippen MR) is 91.6 cm³/mol. The van der Waals surface area contributed by atoms with Gasteiger partial charge in [-0.1, -0.05) is 24.3 Å². The van der Waals surface area contributed by atoms with E-state index in [1.54, 1.807) is 24.4 Å². The fraction of sp³-hybridized carbons (Fsp3) is 0. The fourth-order valence-electron chi connectivity index (χ4n) is 2.40. The Balaban J connectivity index is 1.61. The summed E-state index contributed by atoms with van der Waals surface area (Å²) < 4.78 is 0. The number of nitrogens with zero attached hydrogens (tertiary/aromatic N) is 2. The average molecular weight is 320 g/mol. The molecule has 0 radical (unpaired) electrons. The molecular formula is C17H12N4OS. The molecule has 0 aliphatic rings. The van der Waals surface area contributed by atoms with E-state index in [-0.39, 0.29) is 5.91 Å². The number of carbonyl (C=O) groups excluding carboxylic acids is 1. The van der Waals surface area contributed by atoms with Crippen molar-refractivity contribution in [2.75, 3.05) is 5.32 Å². The van der Waals surface area contributed by atoms with Gasteiger partial charge in [0.15, 0.2) is 5.13 Å². The zero-order valence-electron chi connectivity index (χ0n) is 12.0. The van der Waals surface area contributed by atoms with Crippen LogP contribution in [0.2, 0.25) is 0 Å². The number of amides is 1. The highest BCUT2D eigenvalue weighted by atomic mass is 32.1. The summed E-state index contributed by atoms with van der Waals surface area (Å²) in [6.45, 7) is 0. The fourth-order valence-corrected chi connectivity index (χ4v) is 3.10. The van der Waals surface area contributed by atoms with Crippen molar-refractivity contribution in [2.24, 2.45) is 0 Å².